The molecule has 0 aliphatic heterocycles. The first kappa shape index (κ1) is 9.56. The van der Waals surface area contributed by atoms with Gasteiger partial charge in [-0.15, -0.1) is 0 Å². The zero-order valence-electron chi connectivity index (χ0n) is 8.79. The molecule has 0 aromatic carbocycles. The highest BCUT2D eigenvalue weighted by Crippen LogP contribution is 2.28. The molecule has 78 valence electrons. The molecular weight excluding hydrogens is 174 g/mol. The Labute approximate surface area is 85.3 Å². The lowest BCUT2D eigenvalue weighted by Gasteiger charge is -2.29. The molecule has 0 spiro atoms. The van der Waals surface area contributed by atoms with Gasteiger partial charge in [-0.2, -0.15) is 5.10 Å². The Balaban J connectivity index is 1.86. The van der Waals surface area contributed by atoms with Crippen LogP contribution in [0.15, 0.2) is 12.4 Å². The quantitative estimate of drug-likeness (QED) is 0.775. The number of nitrogens with zero attached hydrogens (tertiary/aromatic N) is 1. The molecule has 0 radical (unpaired) electrons. The van der Waals surface area contributed by atoms with Crippen LogP contribution in [0.2, 0.25) is 0 Å². The van der Waals surface area contributed by atoms with Crippen LogP contribution in [-0.2, 0) is 0 Å². The topological polar surface area (TPSA) is 40.7 Å². The standard InChI is InChI=1S/C11H19N3/c1-2-9-4-3-5-10(6-9)14-11-7-12-13-8-11/h7-10,14H,2-6H2,1H3,(H,12,13). The Morgan fingerprint density at radius 3 is 3.21 bits per heavy atom. The largest absolute Gasteiger partial charge is 0.380 e. The molecule has 2 N–H and O–H groups in total. The fourth-order valence-electron chi connectivity index (χ4n) is 2.36. The minimum absolute atomic E-state index is 0.659. The number of nitrogens with one attached hydrogen (secondary N) is 2. The number of hydrogen-bond donors (Lipinski definition) is 2. The Kier molecular flexibility index (Phi) is 3.07. The fourth-order valence-corrected chi connectivity index (χ4v) is 2.36. The molecule has 2 atom stereocenters. The molecule has 0 bridgehead atoms. The molecule has 2 unspecified atom stereocenters. The summed E-state index contributed by atoms with van der Waals surface area (Å²) in [5, 5.41) is 10.3. The Hall–Kier alpha value is -0.990. The van der Waals surface area contributed by atoms with Crippen molar-refractivity contribution in [3.63, 3.8) is 0 Å². The third kappa shape index (κ3) is 2.28. The molecule has 14 heavy (non-hydrogen) atoms. The number of anilines is 1. The van der Waals surface area contributed by atoms with E-state index >= 15 is 0 Å². The van der Waals surface area contributed by atoms with Gasteiger partial charge in [-0.05, 0) is 18.8 Å². The van der Waals surface area contributed by atoms with Gasteiger partial charge in [0, 0.05) is 12.2 Å². The number of aromatic nitrogens is 2. The summed E-state index contributed by atoms with van der Waals surface area (Å²) in [5.74, 6) is 0.924. The van der Waals surface area contributed by atoms with E-state index in [1.807, 2.05) is 12.4 Å². The second-order valence-corrected chi connectivity index (χ2v) is 4.27. The first-order valence-electron chi connectivity index (χ1n) is 5.63. The maximum absolute atomic E-state index is 3.94. The van der Waals surface area contributed by atoms with Crippen molar-refractivity contribution in [1.82, 2.24) is 10.2 Å². The lowest BCUT2D eigenvalue weighted by atomic mass is 9.84. The summed E-state index contributed by atoms with van der Waals surface area (Å²) >= 11 is 0. The van der Waals surface area contributed by atoms with Crippen LogP contribution in [-0.4, -0.2) is 16.2 Å². The van der Waals surface area contributed by atoms with Crippen molar-refractivity contribution in [2.24, 2.45) is 5.92 Å². The second-order valence-electron chi connectivity index (χ2n) is 4.27. The Morgan fingerprint density at radius 2 is 2.50 bits per heavy atom. The van der Waals surface area contributed by atoms with Crippen LogP contribution >= 0.6 is 0 Å². The van der Waals surface area contributed by atoms with Crippen molar-refractivity contribution >= 4 is 5.69 Å². The average molecular weight is 193 g/mol. The minimum atomic E-state index is 0.659. The highest BCUT2D eigenvalue weighted by atomic mass is 15.1. The van der Waals surface area contributed by atoms with E-state index in [1.54, 1.807) is 0 Å². The zero-order chi connectivity index (χ0) is 9.80. The van der Waals surface area contributed by atoms with E-state index in [-0.39, 0.29) is 0 Å². The minimum Gasteiger partial charge on any atom is -0.380 e. The van der Waals surface area contributed by atoms with Gasteiger partial charge in [-0.3, -0.25) is 5.10 Å². The smallest absolute Gasteiger partial charge is 0.0725 e. The first-order valence-corrected chi connectivity index (χ1v) is 5.63. The van der Waals surface area contributed by atoms with Gasteiger partial charge in [-0.1, -0.05) is 26.2 Å². The van der Waals surface area contributed by atoms with Gasteiger partial charge < -0.3 is 5.32 Å². The van der Waals surface area contributed by atoms with Gasteiger partial charge >= 0.3 is 0 Å². The molecule has 1 saturated carbocycles. The van der Waals surface area contributed by atoms with E-state index in [2.05, 4.69) is 22.4 Å². The second kappa shape index (κ2) is 4.49. The van der Waals surface area contributed by atoms with Crippen molar-refractivity contribution < 1.29 is 0 Å². The van der Waals surface area contributed by atoms with Gasteiger partial charge in [0.15, 0.2) is 0 Å². The van der Waals surface area contributed by atoms with Crippen LogP contribution in [0.25, 0.3) is 0 Å². The zero-order valence-corrected chi connectivity index (χ0v) is 8.79. The summed E-state index contributed by atoms with van der Waals surface area (Å²) < 4.78 is 0. The van der Waals surface area contributed by atoms with Gasteiger partial charge in [-0.25, -0.2) is 0 Å². The highest BCUT2D eigenvalue weighted by Gasteiger charge is 2.20. The number of hydrogen-bond acceptors (Lipinski definition) is 2. The maximum atomic E-state index is 3.94. The average Bonchev–Trinajstić information content (AvgIpc) is 2.71. The Morgan fingerprint density at radius 1 is 1.57 bits per heavy atom. The lowest BCUT2D eigenvalue weighted by Crippen LogP contribution is -2.26. The van der Waals surface area contributed by atoms with Crippen LogP contribution < -0.4 is 5.32 Å². The van der Waals surface area contributed by atoms with Crippen LogP contribution in [0.1, 0.15) is 39.0 Å². The lowest BCUT2D eigenvalue weighted by molar-refractivity contribution is 0.327. The van der Waals surface area contributed by atoms with Gasteiger partial charge in [0.05, 0.1) is 11.9 Å². The monoisotopic (exact) mass is 193 g/mol. The molecule has 1 aromatic rings. The molecule has 0 saturated heterocycles. The van der Waals surface area contributed by atoms with E-state index in [0.29, 0.717) is 6.04 Å². The van der Waals surface area contributed by atoms with Crippen molar-refractivity contribution in [2.75, 3.05) is 5.32 Å². The molecule has 0 amide bonds. The summed E-state index contributed by atoms with van der Waals surface area (Å²) in [4.78, 5) is 0. The predicted octanol–water partition coefficient (Wildman–Crippen LogP) is 2.79. The van der Waals surface area contributed by atoms with Crippen molar-refractivity contribution in [3.8, 4) is 0 Å². The van der Waals surface area contributed by atoms with E-state index in [9.17, 15) is 0 Å². The molecule has 1 heterocycles. The summed E-state index contributed by atoms with van der Waals surface area (Å²) in [6.07, 6.45) is 10.5. The normalized spacial score (nSPS) is 27.5. The van der Waals surface area contributed by atoms with Crippen molar-refractivity contribution in [1.29, 1.82) is 0 Å². The summed E-state index contributed by atoms with van der Waals surface area (Å²) in [6, 6.07) is 0.659. The van der Waals surface area contributed by atoms with Gasteiger partial charge in [0.1, 0.15) is 0 Å². The highest BCUT2D eigenvalue weighted by molar-refractivity contribution is 5.38. The number of rotatable bonds is 3. The summed E-state index contributed by atoms with van der Waals surface area (Å²) in [7, 11) is 0. The maximum Gasteiger partial charge on any atom is 0.0725 e. The third-order valence-corrected chi connectivity index (χ3v) is 3.23. The Bertz CT molecular complexity index is 256. The van der Waals surface area contributed by atoms with E-state index < -0.39 is 0 Å². The summed E-state index contributed by atoms with van der Waals surface area (Å²) in [5.41, 5.74) is 1.13. The summed E-state index contributed by atoms with van der Waals surface area (Å²) in [6.45, 7) is 2.30. The van der Waals surface area contributed by atoms with Crippen LogP contribution in [0, 0.1) is 5.92 Å². The van der Waals surface area contributed by atoms with Crippen LogP contribution in [0.4, 0.5) is 5.69 Å². The SMILES string of the molecule is CCC1CCCC(Nc2cn[nH]c2)C1. The molecular formula is C11H19N3. The third-order valence-electron chi connectivity index (χ3n) is 3.23. The molecule has 1 aromatic heterocycles. The molecule has 1 aliphatic carbocycles. The number of aromatic amines is 1. The molecule has 1 fully saturated rings. The molecule has 3 heteroatoms. The predicted molar refractivity (Wildman–Crippen MR) is 58.2 cm³/mol. The van der Waals surface area contributed by atoms with E-state index in [1.165, 1.54) is 32.1 Å². The van der Waals surface area contributed by atoms with E-state index in [0.717, 1.165) is 11.6 Å². The molecule has 3 nitrogen and oxygen atoms in total. The van der Waals surface area contributed by atoms with Crippen molar-refractivity contribution in [2.45, 2.75) is 45.1 Å². The molecule has 2 rings (SSSR count). The van der Waals surface area contributed by atoms with E-state index in [4.69, 9.17) is 0 Å². The van der Waals surface area contributed by atoms with Gasteiger partial charge in [0.25, 0.3) is 0 Å². The fraction of sp³-hybridized carbons (Fsp3) is 0.727. The van der Waals surface area contributed by atoms with Crippen LogP contribution in [0.3, 0.4) is 0 Å². The number of H-pyrrole nitrogens is 1. The molecule has 1 aliphatic rings. The van der Waals surface area contributed by atoms with Crippen LogP contribution in [0.5, 0.6) is 0 Å². The first-order chi connectivity index (χ1) is 6.88. The van der Waals surface area contributed by atoms with Gasteiger partial charge in [0.2, 0.25) is 0 Å². The van der Waals surface area contributed by atoms with Crippen molar-refractivity contribution in [3.05, 3.63) is 12.4 Å².